The van der Waals surface area contributed by atoms with Gasteiger partial charge in [-0.3, -0.25) is 4.79 Å². The molecule has 9 heteroatoms. The van der Waals surface area contributed by atoms with Crippen LogP contribution in [0.25, 0.3) is 0 Å². The van der Waals surface area contributed by atoms with Crippen LogP contribution in [0.4, 0.5) is 0 Å². The molecule has 6 N–H and O–H groups in total. The Morgan fingerprint density at radius 3 is 0.826 bits per heavy atom. The molecule has 0 aromatic rings. The summed E-state index contributed by atoms with van der Waals surface area (Å²) in [4.78, 5) is 13.2. The molecule has 0 aromatic heterocycles. The molecule has 7 unspecified atom stereocenters. The van der Waals surface area contributed by atoms with Crippen molar-refractivity contribution in [3.05, 3.63) is 0 Å². The number of ether oxygens (including phenoxy) is 2. The van der Waals surface area contributed by atoms with Gasteiger partial charge in [-0.25, -0.2) is 0 Å². The van der Waals surface area contributed by atoms with Gasteiger partial charge in [-0.2, -0.15) is 0 Å². The fraction of sp³-hybridized carbons (Fsp3) is 0.987. The Labute approximate surface area is 535 Å². The number of unbranched alkanes of at least 4 members (excludes halogenated alkanes) is 61. The van der Waals surface area contributed by atoms with E-state index in [1.54, 1.807) is 0 Å². The lowest BCUT2D eigenvalue weighted by molar-refractivity contribution is -0.302. The van der Waals surface area contributed by atoms with E-state index in [1.807, 2.05) is 0 Å². The van der Waals surface area contributed by atoms with Crippen LogP contribution >= 0.6 is 0 Å². The molecule has 1 fully saturated rings. The van der Waals surface area contributed by atoms with Crippen LogP contribution in [0.2, 0.25) is 0 Å². The molecule has 9 nitrogen and oxygen atoms in total. The van der Waals surface area contributed by atoms with Crippen LogP contribution in [0.1, 0.15) is 431 Å². The van der Waals surface area contributed by atoms with E-state index in [0.717, 1.165) is 38.5 Å². The maximum absolute atomic E-state index is 13.2. The largest absolute Gasteiger partial charge is 0.394 e. The maximum atomic E-state index is 13.2. The van der Waals surface area contributed by atoms with Gasteiger partial charge < -0.3 is 40.3 Å². The zero-order valence-electron chi connectivity index (χ0n) is 57.9. The number of hydrogen-bond donors (Lipinski definition) is 6. The maximum Gasteiger partial charge on any atom is 0.220 e. The molecule has 1 saturated heterocycles. The van der Waals surface area contributed by atoms with Crippen molar-refractivity contribution in [1.82, 2.24) is 5.32 Å². The van der Waals surface area contributed by atoms with Crippen LogP contribution < -0.4 is 5.32 Å². The van der Waals surface area contributed by atoms with Crippen LogP contribution in [-0.2, 0) is 14.3 Å². The summed E-state index contributed by atoms with van der Waals surface area (Å²) >= 11 is 0. The van der Waals surface area contributed by atoms with Gasteiger partial charge in [0, 0.05) is 6.42 Å². The van der Waals surface area contributed by atoms with Crippen molar-refractivity contribution in [3.63, 3.8) is 0 Å². The number of aliphatic hydroxyl groups is 5. The summed E-state index contributed by atoms with van der Waals surface area (Å²) in [7, 11) is 0. The second-order valence-electron chi connectivity index (χ2n) is 27.9. The average molecular weight is 1220 g/mol. The van der Waals surface area contributed by atoms with Gasteiger partial charge in [0.25, 0.3) is 0 Å². The molecule has 1 amide bonds. The summed E-state index contributed by atoms with van der Waals surface area (Å²) in [6.07, 6.45) is 79.4. The van der Waals surface area contributed by atoms with Crippen molar-refractivity contribution >= 4 is 5.91 Å². The highest BCUT2D eigenvalue weighted by molar-refractivity contribution is 5.76. The fourth-order valence-electron chi connectivity index (χ4n) is 13.3. The molecule has 1 heterocycles. The van der Waals surface area contributed by atoms with Crippen LogP contribution in [-0.4, -0.2) is 87.5 Å². The summed E-state index contributed by atoms with van der Waals surface area (Å²) in [5.41, 5.74) is 0. The Hall–Kier alpha value is -0.810. The quantitative estimate of drug-likeness (QED) is 0.0330. The molecule has 1 aliphatic rings. The first-order valence-corrected chi connectivity index (χ1v) is 39.2. The van der Waals surface area contributed by atoms with E-state index in [9.17, 15) is 30.3 Å². The van der Waals surface area contributed by atoms with Crippen LogP contribution in [0, 0.1) is 0 Å². The Balaban J connectivity index is 2.01. The summed E-state index contributed by atoms with van der Waals surface area (Å²) in [5, 5.41) is 55.0. The molecule has 0 saturated carbocycles. The number of amides is 1. The van der Waals surface area contributed by atoms with E-state index in [4.69, 9.17) is 9.47 Å². The Kier molecular flexibility index (Phi) is 64.9. The minimum absolute atomic E-state index is 0.130. The molecule has 0 aromatic carbocycles. The SMILES string of the molecule is CCCCCCCCCCCCCCCCCCCCCCCCCCCCCCCCCCCCCCCCCCC(=O)NC(COC1OC(CO)C(O)C(O)C1O)C(O)CCCCCCCCCCCCCCCCCCCCCCCCC. The first kappa shape index (κ1) is 83.2. The Bertz CT molecular complexity index is 1320. The van der Waals surface area contributed by atoms with Gasteiger partial charge in [-0.05, 0) is 12.8 Å². The predicted molar refractivity (Wildman–Crippen MR) is 369 cm³/mol. The molecule has 86 heavy (non-hydrogen) atoms. The second-order valence-corrected chi connectivity index (χ2v) is 27.9. The lowest BCUT2D eigenvalue weighted by Gasteiger charge is -2.40. The molecule has 0 bridgehead atoms. The van der Waals surface area contributed by atoms with Crippen molar-refractivity contribution in [2.75, 3.05) is 13.2 Å². The first-order valence-electron chi connectivity index (χ1n) is 39.2. The Morgan fingerprint density at radius 2 is 0.581 bits per heavy atom. The third kappa shape index (κ3) is 54.9. The van der Waals surface area contributed by atoms with E-state index < -0.39 is 49.5 Å². The normalized spacial score (nSPS) is 17.9. The highest BCUT2D eigenvalue weighted by Crippen LogP contribution is 2.24. The number of rotatable bonds is 71. The van der Waals surface area contributed by atoms with Crippen molar-refractivity contribution in [1.29, 1.82) is 0 Å². The zero-order valence-corrected chi connectivity index (χ0v) is 57.9. The third-order valence-electron chi connectivity index (χ3n) is 19.5. The molecule has 7 atom stereocenters. The molecule has 1 aliphatic heterocycles. The van der Waals surface area contributed by atoms with E-state index >= 15 is 0 Å². The molecule has 0 radical (unpaired) electrons. The molecular weight excluding hydrogens is 1070 g/mol. The van der Waals surface area contributed by atoms with E-state index in [1.165, 1.54) is 366 Å². The number of carbonyl (C=O) groups excluding carboxylic acids is 1. The summed E-state index contributed by atoms with van der Waals surface area (Å²) < 4.78 is 11.4. The lowest BCUT2D eigenvalue weighted by Crippen LogP contribution is -2.60. The van der Waals surface area contributed by atoms with Crippen molar-refractivity contribution in [2.45, 2.75) is 474 Å². The molecular formula is C77H153NO8. The van der Waals surface area contributed by atoms with Crippen molar-refractivity contribution in [2.24, 2.45) is 0 Å². The number of hydrogen-bond acceptors (Lipinski definition) is 8. The van der Waals surface area contributed by atoms with Crippen LogP contribution in [0.3, 0.4) is 0 Å². The number of aliphatic hydroxyl groups excluding tert-OH is 5. The Morgan fingerprint density at radius 1 is 0.349 bits per heavy atom. The minimum Gasteiger partial charge on any atom is -0.394 e. The third-order valence-corrected chi connectivity index (χ3v) is 19.5. The molecule has 514 valence electrons. The predicted octanol–water partition coefficient (Wildman–Crippen LogP) is 22.0. The van der Waals surface area contributed by atoms with Crippen molar-refractivity contribution < 1.29 is 39.8 Å². The second kappa shape index (κ2) is 67.1. The lowest BCUT2D eigenvalue weighted by atomic mass is 9.99. The molecule has 0 spiro atoms. The summed E-state index contributed by atoms with van der Waals surface area (Å²) in [5.74, 6) is -0.132. The zero-order chi connectivity index (χ0) is 62.1. The van der Waals surface area contributed by atoms with Gasteiger partial charge in [0.15, 0.2) is 6.29 Å². The van der Waals surface area contributed by atoms with Crippen LogP contribution in [0.5, 0.6) is 0 Å². The van der Waals surface area contributed by atoms with E-state index in [2.05, 4.69) is 19.2 Å². The van der Waals surface area contributed by atoms with Gasteiger partial charge in [0.2, 0.25) is 5.91 Å². The van der Waals surface area contributed by atoms with Gasteiger partial charge >= 0.3 is 0 Å². The van der Waals surface area contributed by atoms with Gasteiger partial charge in [0.1, 0.15) is 24.4 Å². The number of nitrogens with one attached hydrogen (secondary N) is 1. The van der Waals surface area contributed by atoms with Crippen LogP contribution in [0.15, 0.2) is 0 Å². The molecule has 0 aliphatic carbocycles. The topological polar surface area (TPSA) is 149 Å². The smallest absolute Gasteiger partial charge is 0.220 e. The van der Waals surface area contributed by atoms with E-state index in [0.29, 0.717) is 12.8 Å². The van der Waals surface area contributed by atoms with Gasteiger partial charge in [0.05, 0.1) is 25.4 Å². The van der Waals surface area contributed by atoms with Gasteiger partial charge in [-0.1, -0.05) is 412 Å². The standard InChI is InChI=1S/C77H153NO8/c1-3-5-7-9-11-13-15-17-19-21-23-25-27-28-29-30-31-32-33-34-35-36-37-38-39-40-41-42-43-45-47-49-51-53-55-57-59-61-63-65-67-73(81)78-70(69-85-77-76(84)75(83)74(82)72(68-79)86-77)71(80)66-64-62-60-58-56-54-52-50-48-46-44-26-24-22-20-18-16-14-12-10-8-6-4-2/h70-72,74-77,79-80,82-84H,3-69H2,1-2H3,(H,78,81). The van der Waals surface area contributed by atoms with E-state index in [-0.39, 0.29) is 12.5 Å². The summed E-state index contributed by atoms with van der Waals surface area (Å²) in [6.45, 7) is 3.92. The van der Waals surface area contributed by atoms with Crippen molar-refractivity contribution in [3.8, 4) is 0 Å². The summed E-state index contributed by atoms with van der Waals surface area (Å²) in [6, 6.07) is -0.716. The molecule has 1 rings (SSSR count). The highest BCUT2D eigenvalue weighted by Gasteiger charge is 2.44. The fourth-order valence-corrected chi connectivity index (χ4v) is 13.3. The van der Waals surface area contributed by atoms with Gasteiger partial charge in [-0.15, -0.1) is 0 Å². The highest BCUT2D eigenvalue weighted by atomic mass is 16.7. The monoisotopic (exact) mass is 1220 g/mol. The average Bonchev–Trinajstić information content (AvgIpc) is 3.33. The first-order chi connectivity index (χ1) is 42.3. The minimum atomic E-state index is -1.55. The number of carbonyl (C=O) groups is 1.